The minimum atomic E-state index is -0.262. The summed E-state index contributed by atoms with van der Waals surface area (Å²) in [5.41, 5.74) is 2.62. The Balaban J connectivity index is 1.93. The molecule has 2 aromatic heterocycles. The van der Waals surface area contributed by atoms with Crippen molar-refractivity contribution in [2.75, 3.05) is 11.9 Å². The van der Waals surface area contributed by atoms with Crippen molar-refractivity contribution in [1.82, 2.24) is 20.0 Å². The number of H-pyrrole nitrogens is 1. The Hall–Kier alpha value is -1.82. The van der Waals surface area contributed by atoms with Gasteiger partial charge in [-0.3, -0.25) is 9.89 Å². The summed E-state index contributed by atoms with van der Waals surface area (Å²) in [6.07, 6.45) is 5.29. The Morgan fingerprint density at radius 3 is 2.81 bits per heavy atom. The monoisotopic (exact) mass is 309 g/mol. The van der Waals surface area contributed by atoms with Gasteiger partial charge in [0.15, 0.2) is 0 Å². The van der Waals surface area contributed by atoms with E-state index in [9.17, 15) is 4.79 Å². The molecule has 0 bridgehead atoms. The van der Waals surface area contributed by atoms with Gasteiger partial charge in [0.2, 0.25) is 0 Å². The summed E-state index contributed by atoms with van der Waals surface area (Å²) in [6.45, 7) is 6.51. The van der Waals surface area contributed by atoms with Gasteiger partial charge < -0.3 is 5.32 Å². The maximum absolute atomic E-state index is 12.0. The van der Waals surface area contributed by atoms with Gasteiger partial charge in [0.25, 0.3) is 5.56 Å². The Labute approximate surface area is 128 Å². The molecule has 7 heteroatoms. The lowest BCUT2D eigenvalue weighted by atomic mass is 10.1. The average Bonchev–Trinajstić information content (AvgIpc) is 2.84. The van der Waals surface area contributed by atoms with Crippen molar-refractivity contribution in [2.24, 2.45) is 0 Å². The predicted octanol–water partition coefficient (Wildman–Crippen LogP) is 2.55. The third kappa shape index (κ3) is 3.64. The summed E-state index contributed by atoms with van der Waals surface area (Å²) >= 11 is 6.10. The average molecular weight is 310 g/mol. The van der Waals surface area contributed by atoms with E-state index in [0.29, 0.717) is 5.69 Å². The molecule has 0 amide bonds. The third-order valence-electron chi connectivity index (χ3n) is 3.31. The zero-order chi connectivity index (χ0) is 15.4. The molecule has 0 spiro atoms. The highest BCUT2D eigenvalue weighted by Gasteiger charge is 2.10. The molecule has 2 heterocycles. The van der Waals surface area contributed by atoms with Crippen LogP contribution in [0.5, 0.6) is 0 Å². The molecule has 0 saturated carbocycles. The second kappa shape index (κ2) is 6.76. The van der Waals surface area contributed by atoms with Gasteiger partial charge in [-0.05, 0) is 39.2 Å². The first-order valence-corrected chi connectivity index (χ1v) is 7.38. The van der Waals surface area contributed by atoms with Crippen LogP contribution >= 0.6 is 11.6 Å². The van der Waals surface area contributed by atoms with Crippen LogP contribution in [0.4, 0.5) is 5.69 Å². The van der Waals surface area contributed by atoms with Crippen molar-refractivity contribution in [3.8, 4) is 0 Å². The number of anilines is 1. The summed E-state index contributed by atoms with van der Waals surface area (Å²) in [5.74, 6) is 0. The van der Waals surface area contributed by atoms with Crippen LogP contribution in [0.25, 0.3) is 0 Å². The third-order valence-corrected chi connectivity index (χ3v) is 3.67. The maximum Gasteiger partial charge on any atom is 0.287 e. The summed E-state index contributed by atoms with van der Waals surface area (Å²) < 4.78 is 1.38. The lowest BCUT2D eigenvalue weighted by Crippen LogP contribution is -2.25. The lowest BCUT2D eigenvalue weighted by molar-refractivity contribution is 0.503. The molecule has 6 nitrogen and oxygen atoms in total. The van der Waals surface area contributed by atoms with Gasteiger partial charge in [-0.1, -0.05) is 11.6 Å². The highest BCUT2D eigenvalue weighted by molar-refractivity contribution is 6.32. The molecule has 21 heavy (non-hydrogen) atoms. The molecule has 0 atom stereocenters. The summed E-state index contributed by atoms with van der Waals surface area (Å²) in [6, 6.07) is -0.00637. The Morgan fingerprint density at radius 2 is 2.19 bits per heavy atom. The van der Waals surface area contributed by atoms with E-state index < -0.39 is 0 Å². The summed E-state index contributed by atoms with van der Waals surface area (Å²) in [7, 11) is 0. The number of nitrogens with one attached hydrogen (secondary N) is 2. The maximum atomic E-state index is 12.0. The molecule has 0 aliphatic heterocycles. The van der Waals surface area contributed by atoms with E-state index in [1.165, 1.54) is 10.2 Å². The molecule has 114 valence electrons. The highest BCUT2D eigenvalue weighted by atomic mass is 35.5. The van der Waals surface area contributed by atoms with Gasteiger partial charge in [-0.15, -0.1) is 0 Å². The first-order valence-electron chi connectivity index (χ1n) is 7.00. The van der Waals surface area contributed by atoms with Crippen LogP contribution in [0.3, 0.4) is 0 Å². The van der Waals surface area contributed by atoms with Crippen molar-refractivity contribution >= 4 is 17.3 Å². The van der Waals surface area contributed by atoms with Crippen molar-refractivity contribution in [3.63, 3.8) is 0 Å². The fraction of sp³-hybridized carbons (Fsp3) is 0.500. The van der Waals surface area contributed by atoms with Crippen molar-refractivity contribution < 1.29 is 0 Å². The molecule has 0 aromatic carbocycles. The zero-order valence-corrected chi connectivity index (χ0v) is 13.2. The topological polar surface area (TPSA) is 75.6 Å². The largest absolute Gasteiger partial charge is 0.382 e. The molecule has 0 radical (unpaired) electrons. The second-order valence-electron chi connectivity index (χ2n) is 5.27. The molecular formula is C14H20ClN5O. The lowest BCUT2D eigenvalue weighted by Gasteiger charge is -2.12. The van der Waals surface area contributed by atoms with Crippen LogP contribution in [-0.2, 0) is 6.42 Å². The predicted molar refractivity (Wildman–Crippen MR) is 84.0 cm³/mol. The number of aromatic amines is 1. The molecule has 0 unspecified atom stereocenters. The minimum Gasteiger partial charge on any atom is -0.382 e. The van der Waals surface area contributed by atoms with Gasteiger partial charge in [0.1, 0.15) is 5.02 Å². The van der Waals surface area contributed by atoms with E-state index in [-0.39, 0.29) is 16.6 Å². The molecule has 0 aliphatic rings. The number of hydrogen-bond acceptors (Lipinski definition) is 4. The minimum absolute atomic E-state index is 0.00637. The standard InChI is InChI=1S/C14H20ClN5O/c1-9(2)20-14(21)13(15)12(8-18-20)16-6-4-5-11-7-17-19-10(11)3/h7-9,16H,4-6H2,1-3H3,(H,17,19). The number of halogens is 1. The van der Waals surface area contributed by atoms with Crippen LogP contribution < -0.4 is 10.9 Å². The first kappa shape index (κ1) is 15.6. The quantitative estimate of drug-likeness (QED) is 0.804. The first-order chi connectivity index (χ1) is 10.0. The number of rotatable bonds is 6. The fourth-order valence-electron chi connectivity index (χ4n) is 2.07. The summed E-state index contributed by atoms with van der Waals surface area (Å²) in [5, 5.41) is 14.4. The number of aryl methyl sites for hydroxylation is 2. The molecular weight excluding hydrogens is 290 g/mol. The molecule has 0 fully saturated rings. The van der Waals surface area contributed by atoms with Crippen molar-refractivity contribution in [1.29, 1.82) is 0 Å². The van der Waals surface area contributed by atoms with Gasteiger partial charge in [-0.25, -0.2) is 4.68 Å². The summed E-state index contributed by atoms with van der Waals surface area (Å²) in [4.78, 5) is 12.0. The van der Waals surface area contributed by atoms with Gasteiger partial charge in [0, 0.05) is 12.2 Å². The number of nitrogens with zero attached hydrogens (tertiary/aromatic N) is 3. The van der Waals surface area contributed by atoms with E-state index >= 15 is 0 Å². The van der Waals surface area contributed by atoms with Gasteiger partial charge in [-0.2, -0.15) is 10.2 Å². The molecule has 2 aromatic rings. The number of aromatic nitrogens is 4. The second-order valence-corrected chi connectivity index (χ2v) is 5.64. The van der Waals surface area contributed by atoms with Crippen molar-refractivity contribution in [2.45, 2.75) is 39.7 Å². The SMILES string of the molecule is Cc1[nH]ncc1CCCNc1cnn(C(C)C)c(=O)c1Cl. The van der Waals surface area contributed by atoms with Crippen LogP contribution in [-0.4, -0.2) is 26.5 Å². The zero-order valence-electron chi connectivity index (χ0n) is 12.5. The van der Waals surface area contributed by atoms with Crippen molar-refractivity contribution in [3.05, 3.63) is 39.0 Å². The number of hydrogen-bond donors (Lipinski definition) is 2. The smallest absolute Gasteiger partial charge is 0.287 e. The highest BCUT2D eigenvalue weighted by Crippen LogP contribution is 2.16. The molecule has 2 N–H and O–H groups in total. The molecule has 0 saturated heterocycles. The normalized spacial score (nSPS) is 11.1. The Kier molecular flexibility index (Phi) is 5.01. The van der Waals surface area contributed by atoms with E-state index in [1.54, 1.807) is 6.20 Å². The van der Waals surface area contributed by atoms with Crippen LogP contribution in [0.15, 0.2) is 17.2 Å². The van der Waals surface area contributed by atoms with Crippen LogP contribution in [0.2, 0.25) is 5.02 Å². The Bertz CT molecular complexity index is 662. The fourth-order valence-corrected chi connectivity index (χ4v) is 2.27. The van der Waals surface area contributed by atoms with E-state index in [4.69, 9.17) is 11.6 Å². The van der Waals surface area contributed by atoms with E-state index in [2.05, 4.69) is 20.6 Å². The van der Waals surface area contributed by atoms with Gasteiger partial charge >= 0.3 is 0 Å². The van der Waals surface area contributed by atoms with E-state index in [1.807, 2.05) is 27.0 Å². The van der Waals surface area contributed by atoms with Crippen LogP contribution in [0.1, 0.15) is 37.6 Å². The van der Waals surface area contributed by atoms with E-state index in [0.717, 1.165) is 25.1 Å². The Morgan fingerprint density at radius 1 is 1.43 bits per heavy atom. The van der Waals surface area contributed by atoms with Crippen LogP contribution in [0, 0.1) is 6.92 Å². The molecule has 0 aliphatic carbocycles. The van der Waals surface area contributed by atoms with Gasteiger partial charge in [0.05, 0.1) is 24.1 Å². The molecule has 2 rings (SSSR count).